The summed E-state index contributed by atoms with van der Waals surface area (Å²) in [6, 6.07) is 5.99. The molecule has 21 heavy (non-hydrogen) atoms. The van der Waals surface area contributed by atoms with Crippen molar-refractivity contribution in [2.45, 2.75) is 26.4 Å². The zero-order valence-corrected chi connectivity index (χ0v) is 13.5. The highest BCUT2D eigenvalue weighted by Gasteiger charge is 2.30. The maximum atomic E-state index is 5.96. The van der Waals surface area contributed by atoms with Gasteiger partial charge in [-0.3, -0.25) is 0 Å². The van der Waals surface area contributed by atoms with Crippen LogP contribution in [0.5, 0.6) is 11.5 Å². The second-order valence-electron chi connectivity index (χ2n) is 6.04. The van der Waals surface area contributed by atoms with E-state index < -0.39 is 0 Å². The number of methoxy groups -OCH3 is 2. The van der Waals surface area contributed by atoms with Crippen LogP contribution < -0.4 is 14.8 Å². The summed E-state index contributed by atoms with van der Waals surface area (Å²) in [6.07, 6.45) is 1.21. The van der Waals surface area contributed by atoms with E-state index in [0.29, 0.717) is 11.8 Å². The van der Waals surface area contributed by atoms with Gasteiger partial charge in [-0.15, -0.1) is 0 Å². The highest BCUT2D eigenvalue weighted by Crippen LogP contribution is 2.37. The summed E-state index contributed by atoms with van der Waals surface area (Å²) in [6.45, 7) is 7.30. The quantitative estimate of drug-likeness (QED) is 0.839. The third-order valence-corrected chi connectivity index (χ3v) is 3.88. The molecular weight excluding hydrogens is 266 g/mol. The molecule has 0 aromatic heterocycles. The highest BCUT2D eigenvalue weighted by molar-refractivity contribution is 5.39. The molecule has 0 bridgehead atoms. The lowest BCUT2D eigenvalue weighted by molar-refractivity contribution is 0.0899. The van der Waals surface area contributed by atoms with Crippen LogP contribution in [0.1, 0.15) is 31.9 Å². The van der Waals surface area contributed by atoms with Crippen LogP contribution in [0.4, 0.5) is 0 Å². The van der Waals surface area contributed by atoms with Gasteiger partial charge in [0.15, 0.2) is 0 Å². The lowest BCUT2D eigenvalue weighted by Crippen LogP contribution is -2.28. The van der Waals surface area contributed by atoms with Crippen LogP contribution in [0.25, 0.3) is 0 Å². The second kappa shape index (κ2) is 7.66. The van der Waals surface area contributed by atoms with Gasteiger partial charge in [0.2, 0.25) is 0 Å². The molecule has 0 radical (unpaired) electrons. The molecule has 1 aliphatic heterocycles. The average Bonchev–Trinajstić information content (AvgIpc) is 2.94. The molecule has 2 rings (SSSR count). The predicted molar refractivity (Wildman–Crippen MR) is 84.1 cm³/mol. The van der Waals surface area contributed by atoms with Gasteiger partial charge in [0.25, 0.3) is 0 Å². The Morgan fingerprint density at radius 3 is 2.43 bits per heavy atom. The molecule has 1 fully saturated rings. The van der Waals surface area contributed by atoms with Gasteiger partial charge in [0.1, 0.15) is 11.5 Å². The van der Waals surface area contributed by atoms with Crippen molar-refractivity contribution in [3.8, 4) is 11.5 Å². The second-order valence-corrected chi connectivity index (χ2v) is 6.04. The van der Waals surface area contributed by atoms with Crippen LogP contribution in [-0.2, 0) is 4.74 Å². The minimum Gasteiger partial charge on any atom is -0.497 e. The summed E-state index contributed by atoms with van der Waals surface area (Å²) < 4.78 is 16.7. The molecular formula is C17H27NO3. The van der Waals surface area contributed by atoms with Crippen LogP contribution in [0, 0.1) is 11.8 Å². The number of nitrogens with one attached hydrogen (secondary N) is 1. The van der Waals surface area contributed by atoms with Crippen molar-refractivity contribution >= 4 is 0 Å². The molecule has 2 atom stereocenters. The summed E-state index contributed by atoms with van der Waals surface area (Å²) in [5, 5.41) is 3.54. The number of ether oxygens (including phenoxy) is 3. The van der Waals surface area contributed by atoms with Crippen molar-refractivity contribution in [1.82, 2.24) is 5.32 Å². The van der Waals surface area contributed by atoms with Gasteiger partial charge in [-0.1, -0.05) is 13.8 Å². The summed E-state index contributed by atoms with van der Waals surface area (Å²) in [5.41, 5.74) is 1.14. The fourth-order valence-electron chi connectivity index (χ4n) is 2.76. The van der Waals surface area contributed by atoms with Gasteiger partial charge in [0.05, 0.1) is 20.3 Å². The van der Waals surface area contributed by atoms with Crippen LogP contribution in [0.15, 0.2) is 18.2 Å². The fraction of sp³-hybridized carbons (Fsp3) is 0.647. The smallest absolute Gasteiger partial charge is 0.122 e. The van der Waals surface area contributed by atoms with Crippen molar-refractivity contribution in [3.63, 3.8) is 0 Å². The van der Waals surface area contributed by atoms with Gasteiger partial charge in [-0.25, -0.2) is 0 Å². The molecule has 0 spiro atoms. The van der Waals surface area contributed by atoms with Crippen molar-refractivity contribution < 1.29 is 14.2 Å². The normalized spacial score (nSPS) is 21.8. The Bertz CT molecular complexity index is 425. The van der Waals surface area contributed by atoms with Gasteiger partial charge >= 0.3 is 0 Å². The largest absolute Gasteiger partial charge is 0.497 e. The molecule has 1 N–H and O–H groups in total. The van der Waals surface area contributed by atoms with Crippen molar-refractivity contribution in [3.05, 3.63) is 23.8 Å². The Kier molecular flexibility index (Phi) is 5.88. The van der Waals surface area contributed by atoms with Gasteiger partial charge < -0.3 is 19.5 Å². The van der Waals surface area contributed by atoms with Crippen molar-refractivity contribution in [2.24, 2.45) is 11.8 Å². The van der Waals surface area contributed by atoms with E-state index in [0.717, 1.165) is 43.2 Å². The summed E-state index contributed by atoms with van der Waals surface area (Å²) >= 11 is 0. The molecule has 118 valence electrons. The summed E-state index contributed by atoms with van der Waals surface area (Å²) in [4.78, 5) is 0. The molecule has 1 aliphatic rings. The number of benzene rings is 1. The zero-order chi connectivity index (χ0) is 15.2. The average molecular weight is 293 g/mol. The molecule has 2 unspecified atom stereocenters. The maximum Gasteiger partial charge on any atom is 0.122 e. The Morgan fingerprint density at radius 1 is 1.19 bits per heavy atom. The van der Waals surface area contributed by atoms with E-state index in [-0.39, 0.29) is 6.10 Å². The van der Waals surface area contributed by atoms with Crippen molar-refractivity contribution in [2.75, 3.05) is 33.9 Å². The molecule has 0 amide bonds. The van der Waals surface area contributed by atoms with Crippen LogP contribution in [-0.4, -0.2) is 33.9 Å². The lowest BCUT2D eigenvalue weighted by Gasteiger charge is -2.21. The first-order chi connectivity index (χ1) is 10.1. The minimum absolute atomic E-state index is 0.119. The summed E-state index contributed by atoms with van der Waals surface area (Å²) in [5.74, 6) is 2.80. The van der Waals surface area contributed by atoms with Gasteiger partial charge in [-0.2, -0.15) is 0 Å². The Balaban J connectivity index is 2.08. The Morgan fingerprint density at radius 2 is 1.86 bits per heavy atom. The van der Waals surface area contributed by atoms with E-state index in [1.807, 2.05) is 18.2 Å². The predicted octanol–water partition coefficient (Wildman–Crippen LogP) is 3.03. The van der Waals surface area contributed by atoms with E-state index in [1.165, 1.54) is 0 Å². The maximum absolute atomic E-state index is 5.96. The fourth-order valence-corrected chi connectivity index (χ4v) is 2.76. The number of hydrogen-bond acceptors (Lipinski definition) is 4. The molecule has 1 heterocycles. The van der Waals surface area contributed by atoms with E-state index in [2.05, 4.69) is 19.2 Å². The van der Waals surface area contributed by atoms with E-state index >= 15 is 0 Å². The molecule has 0 saturated carbocycles. The SMILES string of the molecule is COc1cc(OC)cc(C2OCCC2CNCC(C)C)c1. The highest BCUT2D eigenvalue weighted by atomic mass is 16.5. The third kappa shape index (κ3) is 4.35. The van der Waals surface area contributed by atoms with Gasteiger partial charge in [0, 0.05) is 25.1 Å². The number of rotatable bonds is 7. The molecule has 0 aliphatic carbocycles. The van der Waals surface area contributed by atoms with Crippen LogP contribution in [0.2, 0.25) is 0 Å². The lowest BCUT2D eigenvalue weighted by atomic mass is 9.94. The zero-order valence-electron chi connectivity index (χ0n) is 13.5. The van der Waals surface area contributed by atoms with E-state index in [4.69, 9.17) is 14.2 Å². The van der Waals surface area contributed by atoms with Crippen LogP contribution >= 0.6 is 0 Å². The first-order valence-electron chi connectivity index (χ1n) is 7.69. The molecule has 1 saturated heterocycles. The minimum atomic E-state index is 0.119. The topological polar surface area (TPSA) is 39.7 Å². The third-order valence-electron chi connectivity index (χ3n) is 3.88. The molecule has 4 nitrogen and oxygen atoms in total. The van der Waals surface area contributed by atoms with Crippen molar-refractivity contribution in [1.29, 1.82) is 0 Å². The van der Waals surface area contributed by atoms with Crippen LogP contribution in [0.3, 0.4) is 0 Å². The van der Waals surface area contributed by atoms with Gasteiger partial charge in [-0.05, 0) is 36.6 Å². The van der Waals surface area contributed by atoms with E-state index in [1.54, 1.807) is 14.2 Å². The molecule has 1 aromatic rings. The Labute approximate surface area is 127 Å². The monoisotopic (exact) mass is 293 g/mol. The molecule has 1 aromatic carbocycles. The first-order valence-corrected chi connectivity index (χ1v) is 7.69. The van der Waals surface area contributed by atoms with E-state index in [9.17, 15) is 0 Å². The first kappa shape index (κ1) is 16.1. The Hall–Kier alpha value is -1.26. The standard InChI is InChI=1S/C17H27NO3/c1-12(2)10-18-11-13-5-6-21-17(13)14-7-15(19-3)9-16(8-14)20-4/h7-9,12-13,17-18H,5-6,10-11H2,1-4H3. The summed E-state index contributed by atoms with van der Waals surface area (Å²) in [7, 11) is 3.35. The number of hydrogen-bond donors (Lipinski definition) is 1. The molecule has 4 heteroatoms.